The van der Waals surface area contributed by atoms with Crippen molar-refractivity contribution in [3.8, 4) is 0 Å². The number of hydrogen-bond acceptors (Lipinski definition) is 4. The van der Waals surface area contributed by atoms with Crippen LogP contribution in [-0.4, -0.2) is 89.3 Å². The van der Waals surface area contributed by atoms with Gasteiger partial charge in [0.25, 0.3) is 0 Å². The molecule has 0 fully saturated rings. The van der Waals surface area contributed by atoms with Gasteiger partial charge in [-0.05, 0) is 6.42 Å². The second kappa shape index (κ2) is 26.1. The van der Waals surface area contributed by atoms with Gasteiger partial charge in [-0.2, -0.15) is 0 Å². The first-order chi connectivity index (χ1) is 14.6. The van der Waals surface area contributed by atoms with Crippen molar-refractivity contribution in [3.63, 3.8) is 0 Å². The fraction of sp³-hybridized carbons (Fsp3) is 0.917. The van der Waals surface area contributed by atoms with Crippen molar-refractivity contribution < 1.29 is 19.8 Å². The standard InChI is InChI=1S/C24H48N2O4.Na.H/c1-2-3-4-5-6-7-8-9-10-11-12-13-14-15-16-17-23(28)25-18-19-26(20-21-27)22-24(29)30;;/h27H,2-22H2,1H3,(H,25,28)(H,29,30);;. The van der Waals surface area contributed by atoms with Gasteiger partial charge in [-0.15, -0.1) is 0 Å². The topological polar surface area (TPSA) is 89.9 Å². The Hall–Kier alpha value is -0.140. The predicted octanol–water partition coefficient (Wildman–Crippen LogP) is 4.09. The zero-order chi connectivity index (χ0) is 22.3. The molecule has 0 aromatic rings. The van der Waals surface area contributed by atoms with E-state index in [0.29, 0.717) is 26.1 Å². The first kappa shape index (κ1) is 33.0. The molecule has 0 aliphatic rings. The number of aliphatic hydroxyl groups excluding tert-OH is 1. The number of nitrogens with zero attached hydrogens (tertiary/aromatic N) is 1. The maximum atomic E-state index is 11.8. The van der Waals surface area contributed by atoms with Crippen LogP contribution in [0.2, 0.25) is 0 Å². The Balaban J connectivity index is 0. The normalized spacial score (nSPS) is 10.8. The van der Waals surface area contributed by atoms with Gasteiger partial charge in [0.15, 0.2) is 0 Å². The Morgan fingerprint density at radius 1 is 0.742 bits per heavy atom. The van der Waals surface area contributed by atoms with Crippen LogP contribution in [0.15, 0.2) is 0 Å². The molecule has 0 saturated carbocycles. The Morgan fingerprint density at radius 3 is 1.61 bits per heavy atom. The van der Waals surface area contributed by atoms with Crippen LogP contribution in [-0.2, 0) is 9.59 Å². The molecule has 0 atom stereocenters. The second-order valence-corrected chi connectivity index (χ2v) is 8.44. The van der Waals surface area contributed by atoms with Crippen LogP contribution in [0, 0.1) is 0 Å². The van der Waals surface area contributed by atoms with Crippen molar-refractivity contribution in [3.05, 3.63) is 0 Å². The number of hydrogen-bond donors (Lipinski definition) is 3. The monoisotopic (exact) mass is 452 g/mol. The van der Waals surface area contributed by atoms with E-state index < -0.39 is 5.97 Å². The van der Waals surface area contributed by atoms with Gasteiger partial charge in [-0.3, -0.25) is 14.5 Å². The van der Waals surface area contributed by atoms with Crippen molar-refractivity contribution >= 4 is 41.4 Å². The van der Waals surface area contributed by atoms with E-state index in [9.17, 15) is 9.59 Å². The van der Waals surface area contributed by atoms with E-state index in [1.807, 2.05) is 0 Å². The average molecular weight is 453 g/mol. The van der Waals surface area contributed by atoms with Crippen LogP contribution in [0.1, 0.15) is 110 Å². The summed E-state index contributed by atoms with van der Waals surface area (Å²) in [5, 5.41) is 20.6. The number of amides is 1. The third-order valence-electron chi connectivity index (χ3n) is 5.53. The fourth-order valence-electron chi connectivity index (χ4n) is 3.70. The molecule has 0 unspecified atom stereocenters. The Labute approximate surface area is 213 Å². The van der Waals surface area contributed by atoms with E-state index in [1.54, 1.807) is 4.90 Å². The van der Waals surface area contributed by atoms with Crippen LogP contribution in [0.5, 0.6) is 0 Å². The molecule has 0 rings (SSSR count). The van der Waals surface area contributed by atoms with Crippen molar-refractivity contribution in [1.82, 2.24) is 10.2 Å². The van der Waals surface area contributed by atoms with Crippen LogP contribution in [0.25, 0.3) is 0 Å². The predicted molar refractivity (Wildman–Crippen MR) is 131 cm³/mol. The summed E-state index contributed by atoms with van der Waals surface area (Å²) in [5.41, 5.74) is 0. The number of aliphatic hydroxyl groups is 1. The zero-order valence-electron chi connectivity index (χ0n) is 19.5. The van der Waals surface area contributed by atoms with Crippen molar-refractivity contribution in [2.75, 3.05) is 32.8 Å². The van der Waals surface area contributed by atoms with Gasteiger partial charge in [0.2, 0.25) is 5.91 Å². The fourth-order valence-corrected chi connectivity index (χ4v) is 3.70. The number of nitrogens with one attached hydrogen (secondary N) is 1. The van der Waals surface area contributed by atoms with Crippen LogP contribution >= 0.6 is 0 Å². The molecule has 180 valence electrons. The Morgan fingerprint density at radius 2 is 1.19 bits per heavy atom. The molecule has 0 spiro atoms. The van der Waals surface area contributed by atoms with E-state index in [4.69, 9.17) is 10.2 Å². The van der Waals surface area contributed by atoms with Crippen molar-refractivity contribution in [2.24, 2.45) is 0 Å². The Bertz CT molecular complexity index is 411. The molecule has 0 saturated heterocycles. The van der Waals surface area contributed by atoms with Crippen molar-refractivity contribution in [2.45, 2.75) is 110 Å². The molecule has 1 amide bonds. The van der Waals surface area contributed by atoms with Crippen LogP contribution < -0.4 is 5.32 Å². The van der Waals surface area contributed by atoms with Gasteiger partial charge in [0, 0.05) is 26.1 Å². The molecule has 0 bridgehead atoms. The molecular formula is C24H49N2NaO4. The number of rotatable bonds is 23. The first-order valence-corrected chi connectivity index (χ1v) is 12.4. The number of carbonyl (C=O) groups excluding carboxylic acids is 1. The first-order valence-electron chi connectivity index (χ1n) is 12.4. The van der Waals surface area contributed by atoms with Gasteiger partial charge in [0.1, 0.15) is 0 Å². The van der Waals surface area contributed by atoms with Gasteiger partial charge in [0.05, 0.1) is 13.2 Å². The minimum atomic E-state index is -0.924. The van der Waals surface area contributed by atoms with E-state index in [1.165, 1.54) is 83.5 Å². The molecule has 0 radical (unpaired) electrons. The number of aliphatic carboxylic acids is 1. The SMILES string of the molecule is CCCCCCCCCCCCCCCCCC(=O)NCCN(CCO)CC(=O)O.[NaH]. The number of carboxylic acids is 1. The summed E-state index contributed by atoms with van der Waals surface area (Å²) in [7, 11) is 0. The number of unbranched alkanes of at least 4 members (excludes halogenated alkanes) is 14. The quantitative estimate of drug-likeness (QED) is 0.160. The maximum absolute atomic E-state index is 11.8. The third kappa shape index (κ3) is 26.0. The third-order valence-corrected chi connectivity index (χ3v) is 5.53. The number of carboxylic acid groups (broad SMARTS) is 1. The molecule has 0 aromatic heterocycles. The molecule has 0 aliphatic heterocycles. The van der Waals surface area contributed by atoms with Gasteiger partial charge < -0.3 is 15.5 Å². The molecular weight excluding hydrogens is 403 g/mol. The summed E-state index contributed by atoms with van der Waals surface area (Å²) in [6.45, 7) is 3.24. The van der Waals surface area contributed by atoms with E-state index in [2.05, 4.69) is 12.2 Å². The van der Waals surface area contributed by atoms with Crippen LogP contribution in [0.3, 0.4) is 0 Å². The molecule has 6 nitrogen and oxygen atoms in total. The van der Waals surface area contributed by atoms with Crippen molar-refractivity contribution in [1.29, 1.82) is 0 Å². The van der Waals surface area contributed by atoms with Crippen LogP contribution in [0.4, 0.5) is 0 Å². The summed E-state index contributed by atoms with van der Waals surface area (Å²) in [6, 6.07) is 0. The number of carbonyl (C=O) groups is 2. The molecule has 0 aliphatic carbocycles. The van der Waals surface area contributed by atoms with E-state index in [-0.39, 0.29) is 48.6 Å². The molecule has 3 N–H and O–H groups in total. The van der Waals surface area contributed by atoms with Gasteiger partial charge in [-0.25, -0.2) is 0 Å². The molecule has 0 heterocycles. The van der Waals surface area contributed by atoms with Gasteiger partial charge in [-0.1, -0.05) is 96.8 Å². The summed E-state index contributed by atoms with van der Waals surface area (Å²) in [5.74, 6) is -0.892. The molecule has 7 heteroatoms. The minimum absolute atomic E-state index is 0. The van der Waals surface area contributed by atoms with E-state index >= 15 is 0 Å². The van der Waals surface area contributed by atoms with Gasteiger partial charge >= 0.3 is 35.5 Å². The summed E-state index contributed by atoms with van der Waals surface area (Å²) < 4.78 is 0. The summed E-state index contributed by atoms with van der Waals surface area (Å²) >= 11 is 0. The summed E-state index contributed by atoms with van der Waals surface area (Å²) in [6.07, 6.45) is 20.2. The zero-order valence-corrected chi connectivity index (χ0v) is 19.5. The molecule has 31 heavy (non-hydrogen) atoms. The second-order valence-electron chi connectivity index (χ2n) is 8.44. The Kier molecular flexibility index (Phi) is 27.8. The average Bonchev–Trinajstić information content (AvgIpc) is 2.70. The summed E-state index contributed by atoms with van der Waals surface area (Å²) in [4.78, 5) is 24.2. The van der Waals surface area contributed by atoms with E-state index in [0.717, 1.165) is 12.8 Å². The molecule has 0 aromatic carbocycles.